The normalized spacial score (nSPS) is 14.3. The fraction of sp³-hybridized carbons (Fsp3) is 0.312. The highest BCUT2D eigenvalue weighted by molar-refractivity contribution is 7.90. The monoisotopic (exact) mass is 570 g/mol. The summed E-state index contributed by atoms with van der Waals surface area (Å²) in [5.74, 6) is 8.04. The molecule has 0 radical (unpaired) electrons. The van der Waals surface area contributed by atoms with Crippen LogP contribution in [0, 0.1) is 23.3 Å². The molecule has 212 valence electrons. The average Bonchev–Trinajstić information content (AvgIpc) is 3.49. The van der Waals surface area contributed by atoms with Gasteiger partial charge >= 0.3 is 0 Å². The molecule has 3 aromatic carbocycles. The molecule has 3 aromatic rings. The minimum atomic E-state index is -3.28. The van der Waals surface area contributed by atoms with Crippen molar-refractivity contribution in [1.29, 1.82) is 5.26 Å². The minimum absolute atomic E-state index is 0.177. The highest BCUT2D eigenvalue weighted by Gasteiger charge is 2.20. The van der Waals surface area contributed by atoms with E-state index in [-0.39, 0.29) is 23.5 Å². The second-order valence-electron chi connectivity index (χ2n) is 9.82. The van der Waals surface area contributed by atoms with E-state index in [0.29, 0.717) is 24.0 Å². The zero-order valence-corrected chi connectivity index (χ0v) is 24.1. The van der Waals surface area contributed by atoms with Gasteiger partial charge in [0.2, 0.25) is 5.96 Å². The first-order chi connectivity index (χ1) is 19.9. The summed E-state index contributed by atoms with van der Waals surface area (Å²) in [7, 11) is -1.64. The van der Waals surface area contributed by atoms with Gasteiger partial charge in [-0.3, -0.25) is 5.32 Å². The smallest absolute Gasteiger partial charge is 0.205 e. The second-order valence-corrected chi connectivity index (χ2v) is 11.8. The Morgan fingerprint density at radius 1 is 1.05 bits per heavy atom. The van der Waals surface area contributed by atoms with Crippen LogP contribution in [-0.4, -0.2) is 40.4 Å². The molecular weight excluding hydrogens is 536 g/mol. The molecule has 2 N–H and O–H groups in total. The number of guanidine groups is 1. The highest BCUT2D eigenvalue weighted by Crippen LogP contribution is 2.34. The van der Waals surface area contributed by atoms with Crippen LogP contribution in [0.2, 0.25) is 0 Å². The third-order valence-electron chi connectivity index (χ3n) is 6.77. The molecule has 1 atom stereocenters. The van der Waals surface area contributed by atoms with E-state index in [2.05, 4.69) is 27.5 Å². The lowest BCUT2D eigenvalue weighted by Gasteiger charge is -2.19. The SMILES string of the molecule is COc1ccc(C(C#Cc2ccccc2)CNC(=NCc2ccc(S(C)(=O)=O)cc2)NC#N)cc1OC1CCCC1. The molecule has 0 heterocycles. The molecule has 0 bridgehead atoms. The zero-order valence-electron chi connectivity index (χ0n) is 23.3. The van der Waals surface area contributed by atoms with Gasteiger partial charge in [-0.1, -0.05) is 48.2 Å². The lowest BCUT2D eigenvalue weighted by molar-refractivity contribution is 0.200. The molecule has 9 heteroatoms. The molecule has 1 aliphatic rings. The van der Waals surface area contributed by atoms with Crippen molar-refractivity contribution in [1.82, 2.24) is 10.6 Å². The molecule has 8 nitrogen and oxygen atoms in total. The molecular formula is C32H34N4O4S. The number of hydrogen-bond donors (Lipinski definition) is 2. The van der Waals surface area contributed by atoms with Gasteiger partial charge in [-0.25, -0.2) is 13.4 Å². The zero-order chi connectivity index (χ0) is 29.1. The molecule has 41 heavy (non-hydrogen) atoms. The molecule has 0 saturated heterocycles. The van der Waals surface area contributed by atoms with Gasteiger partial charge in [-0.15, -0.1) is 0 Å². The number of sulfone groups is 1. The van der Waals surface area contributed by atoms with Crippen LogP contribution in [0.4, 0.5) is 0 Å². The Morgan fingerprint density at radius 3 is 2.44 bits per heavy atom. The van der Waals surface area contributed by atoms with Gasteiger partial charge in [-0.05, 0) is 73.2 Å². The van der Waals surface area contributed by atoms with Gasteiger partial charge in [0.25, 0.3) is 0 Å². The molecule has 0 aromatic heterocycles. The van der Waals surface area contributed by atoms with Gasteiger partial charge in [0.15, 0.2) is 27.5 Å². The van der Waals surface area contributed by atoms with Crippen molar-refractivity contribution in [3.05, 3.63) is 89.5 Å². The summed E-state index contributed by atoms with van der Waals surface area (Å²) in [5.41, 5.74) is 2.65. The Bertz CT molecular complexity index is 1550. The first-order valence-electron chi connectivity index (χ1n) is 13.5. The summed E-state index contributed by atoms with van der Waals surface area (Å²) in [5, 5.41) is 15.1. The third kappa shape index (κ3) is 8.76. The van der Waals surface area contributed by atoms with Crippen molar-refractivity contribution >= 4 is 15.8 Å². The summed E-state index contributed by atoms with van der Waals surface area (Å²) in [6, 6.07) is 22.1. The van der Waals surface area contributed by atoms with Crippen LogP contribution in [0.15, 0.2) is 82.7 Å². The van der Waals surface area contributed by atoms with Crippen LogP contribution in [0.5, 0.6) is 11.5 Å². The Morgan fingerprint density at radius 2 is 1.78 bits per heavy atom. The van der Waals surface area contributed by atoms with Crippen molar-refractivity contribution in [3.63, 3.8) is 0 Å². The first kappa shape index (κ1) is 29.5. The van der Waals surface area contributed by atoms with E-state index in [9.17, 15) is 13.7 Å². The topological polar surface area (TPSA) is 113 Å². The van der Waals surface area contributed by atoms with Crippen LogP contribution >= 0.6 is 0 Å². The molecule has 1 aliphatic carbocycles. The van der Waals surface area contributed by atoms with Crippen molar-refractivity contribution in [2.75, 3.05) is 19.9 Å². The minimum Gasteiger partial charge on any atom is -0.493 e. The number of aliphatic imine (C=N–C) groups is 1. The molecule has 1 fully saturated rings. The highest BCUT2D eigenvalue weighted by atomic mass is 32.2. The summed E-state index contributed by atoms with van der Waals surface area (Å²) in [6.07, 6.45) is 7.66. The molecule has 1 saturated carbocycles. The summed E-state index contributed by atoms with van der Waals surface area (Å²) < 4.78 is 35.4. The molecule has 0 amide bonds. The van der Waals surface area contributed by atoms with E-state index in [0.717, 1.165) is 42.4 Å². The Labute approximate surface area is 242 Å². The predicted molar refractivity (Wildman–Crippen MR) is 159 cm³/mol. The lowest BCUT2D eigenvalue weighted by atomic mass is 9.98. The largest absolute Gasteiger partial charge is 0.493 e. The van der Waals surface area contributed by atoms with Gasteiger partial charge in [0.1, 0.15) is 0 Å². The molecule has 0 spiro atoms. The second kappa shape index (κ2) is 14.2. The number of methoxy groups -OCH3 is 1. The van der Waals surface area contributed by atoms with Gasteiger partial charge < -0.3 is 14.8 Å². The van der Waals surface area contributed by atoms with Crippen LogP contribution in [-0.2, 0) is 16.4 Å². The van der Waals surface area contributed by atoms with Crippen molar-refractivity contribution in [2.24, 2.45) is 4.99 Å². The molecule has 0 aliphatic heterocycles. The number of benzene rings is 3. The van der Waals surface area contributed by atoms with E-state index >= 15 is 0 Å². The average molecular weight is 571 g/mol. The number of nitriles is 1. The maximum absolute atomic E-state index is 11.7. The number of hydrogen-bond acceptors (Lipinski definition) is 6. The maximum atomic E-state index is 11.7. The van der Waals surface area contributed by atoms with Crippen LogP contribution in [0.1, 0.15) is 48.3 Å². The van der Waals surface area contributed by atoms with E-state index in [1.165, 1.54) is 6.26 Å². The van der Waals surface area contributed by atoms with E-state index in [1.807, 2.05) is 54.7 Å². The van der Waals surface area contributed by atoms with E-state index in [1.54, 1.807) is 31.4 Å². The number of ether oxygens (including phenoxy) is 2. The molecule has 4 rings (SSSR count). The van der Waals surface area contributed by atoms with Crippen LogP contribution in [0.25, 0.3) is 0 Å². The fourth-order valence-corrected chi connectivity index (χ4v) is 5.17. The Balaban J connectivity index is 1.56. The van der Waals surface area contributed by atoms with Crippen LogP contribution in [0.3, 0.4) is 0 Å². The predicted octanol–water partition coefficient (Wildman–Crippen LogP) is 4.77. The van der Waals surface area contributed by atoms with E-state index < -0.39 is 9.84 Å². The lowest BCUT2D eigenvalue weighted by Crippen LogP contribution is -2.37. The fourth-order valence-electron chi connectivity index (χ4n) is 4.54. The van der Waals surface area contributed by atoms with Crippen molar-refractivity contribution < 1.29 is 17.9 Å². The molecule has 1 unspecified atom stereocenters. The maximum Gasteiger partial charge on any atom is 0.205 e. The summed E-state index contributed by atoms with van der Waals surface area (Å²) >= 11 is 0. The van der Waals surface area contributed by atoms with E-state index in [4.69, 9.17) is 9.47 Å². The van der Waals surface area contributed by atoms with Crippen molar-refractivity contribution in [2.45, 2.75) is 49.1 Å². The van der Waals surface area contributed by atoms with Gasteiger partial charge in [0.05, 0.1) is 30.6 Å². The Kier molecular flexibility index (Phi) is 10.3. The third-order valence-corrected chi connectivity index (χ3v) is 7.90. The van der Waals surface area contributed by atoms with Gasteiger partial charge in [0, 0.05) is 18.4 Å². The summed E-state index contributed by atoms with van der Waals surface area (Å²) in [4.78, 5) is 4.75. The summed E-state index contributed by atoms with van der Waals surface area (Å²) in [6.45, 7) is 0.624. The first-order valence-corrected chi connectivity index (χ1v) is 15.4. The quantitative estimate of drug-likeness (QED) is 0.125. The van der Waals surface area contributed by atoms with Crippen molar-refractivity contribution in [3.8, 4) is 29.5 Å². The number of rotatable bonds is 9. The number of nitrogens with one attached hydrogen (secondary N) is 2. The van der Waals surface area contributed by atoms with Crippen LogP contribution < -0.4 is 20.1 Å². The Hall–Kier alpha value is -4.47. The number of nitrogens with zero attached hydrogens (tertiary/aromatic N) is 2. The van der Waals surface area contributed by atoms with Gasteiger partial charge in [-0.2, -0.15) is 5.26 Å². The standard InChI is InChI=1S/C32H34N4O4S/c1-39-30-19-16-26(20-31(30)40-28-10-6-7-11-28)27(15-12-24-8-4-3-5-9-24)22-35-32(36-23-33)34-21-25-13-17-29(18-14-25)41(2,37)38/h3-5,8-9,13-14,16-20,27-28H,6-7,10-11,21-22H2,1-2H3,(H2,34,35,36).